The van der Waals surface area contributed by atoms with Gasteiger partial charge in [-0.1, -0.05) is 12.1 Å². The molecule has 130 valence electrons. The molecule has 0 saturated heterocycles. The molecule has 2 heterocycles. The van der Waals surface area contributed by atoms with Crippen LogP contribution in [0.5, 0.6) is 0 Å². The van der Waals surface area contributed by atoms with Gasteiger partial charge in [0.2, 0.25) is 0 Å². The minimum Gasteiger partial charge on any atom is -0.348 e. The Morgan fingerprint density at radius 1 is 1.00 bits per heavy atom. The Bertz CT molecular complexity index is 948. The number of rotatable bonds is 5. The summed E-state index contributed by atoms with van der Waals surface area (Å²) in [6.45, 7) is 0.351. The summed E-state index contributed by atoms with van der Waals surface area (Å²) in [4.78, 5) is 38.9. The molecule has 0 fully saturated rings. The summed E-state index contributed by atoms with van der Waals surface area (Å²) in [6.07, 6.45) is 3.10. The van der Waals surface area contributed by atoms with Crippen molar-refractivity contribution in [3.63, 3.8) is 0 Å². The minimum atomic E-state index is -0.432. The van der Waals surface area contributed by atoms with Gasteiger partial charge in [-0.2, -0.15) is 5.10 Å². The Morgan fingerprint density at radius 3 is 2.46 bits per heavy atom. The SMILES string of the molecule is O=C(NCc1ccc(NC(=O)c2ccc(=O)[nH]n2)cc1)c1cccnc1. The second kappa shape index (κ2) is 7.84. The smallest absolute Gasteiger partial charge is 0.276 e. The number of nitrogens with one attached hydrogen (secondary N) is 3. The van der Waals surface area contributed by atoms with Crippen molar-refractivity contribution in [1.82, 2.24) is 20.5 Å². The van der Waals surface area contributed by atoms with Gasteiger partial charge in [-0.05, 0) is 35.9 Å². The van der Waals surface area contributed by atoms with Crippen LogP contribution in [0, 0.1) is 0 Å². The molecule has 8 heteroatoms. The highest BCUT2D eigenvalue weighted by Gasteiger charge is 2.08. The molecule has 8 nitrogen and oxygen atoms in total. The quantitative estimate of drug-likeness (QED) is 0.643. The highest BCUT2D eigenvalue weighted by molar-refractivity contribution is 6.02. The predicted molar refractivity (Wildman–Crippen MR) is 94.7 cm³/mol. The molecule has 2 amide bonds. The Morgan fingerprint density at radius 2 is 1.81 bits per heavy atom. The molecule has 0 atom stereocenters. The van der Waals surface area contributed by atoms with E-state index in [0.29, 0.717) is 17.8 Å². The number of amides is 2. The van der Waals surface area contributed by atoms with Crippen LogP contribution >= 0.6 is 0 Å². The highest BCUT2D eigenvalue weighted by atomic mass is 16.2. The van der Waals surface area contributed by atoms with Crippen molar-refractivity contribution in [2.24, 2.45) is 0 Å². The molecule has 3 N–H and O–H groups in total. The van der Waals surface area contributed by atoms with E-state index in [4.69, 9.17) is 0 Å². The van der Waals surface area contributed by atoms with Gasteiger partial charge in [-0.15, -0.1) is 0 Å². The van der Waals surface area contributed by atoms with Gasteiger partial charge in [0, 0.05) is 30.7 Å². The van der Waals surface area contributed by atoms with Crippen LogP contribution in [-0.2, 0) is 6.54 Å². The third-order valence-corrected chi connectivity index (χ3v) is 3.50. The van der Waals surface area contributed by atoms with Crippen LogP contribution in [-0.4, -0.2) is 27.0 Å². The monoisotopic (exact) mass is 349 g/mol. The number of hydrogen-bond acceptors (Lipinski definition) is 5. The lowest BCUT2D eigenvalue weighted by molar-refractivity contribution is 0.0949. The zero-order valence-electron chi connectivity index (χ0n) is 13.6. The first-order valence-electron chi connectivity index (χ1n) is 7.76. The average molecular weight is 349 g/mol. The molecule has 0 saturated carbocycles. The molecular weight excluding hydrogens is 334 g/mol. The topological polar surface area (TPSA) is 117 Å². The second-order valence-electron chi connectivity index (χ2n) is 5.38. The van der Waals surface area contributed by atoms with Gasteiger partial charge >= 0.3 is 0 Å². The number of aromatic amines is 1. The van der Waals surface area contributed by atoms with Crippen LogP contribution in [0.1, 0.15) is 26.4 Å². The van der Waals surface area contributed by atoms with Crippen molar-refractivity contribution in [2.75, 3.05) is 5.32 Å². The summed E-state index contributed by atoms with van der Waals surface area (Å²) in [7, 11) is 0. The number of benzene rings is 1. The van der Waals surface area contributed by atoms with Crippen LogP contribution in [0.15, 0.2) is 65.7 Å². The lowest BCUT2D eigenvalue weighted by Gasteiger charge is -2.07. The number of H-pyrrole nitrogens is 1. The van der Waals surface area contributed by atoms with Crippen molar-refractivity contribution >= 4 is 17.5 Å². The second-order valence-corrected chi connectivity index (χ2v) is 5.38. The first kappa shape index (κ1) is 17.0. The summed E-state index contributed by atoms with van der Waals surface area (Å²) in [5, 5.41) is 11.3. The maximum atomic E-state index is 12.0. The third-order valence-electron chi connectivity index (χ3n) is 3.50. The molecule has 0 aliphatic heterocycles. The van der Waals surface area contributed by atoms with Crippen LogP contribution in [0.4, 0.5) is 5.69 Å². The normalized spacial score (nSPS) is 10.2. The summed E-state index contributed by atoms with van der Waals surface area (Å²) in [5.74, 6) is -0.640. The number of hydrogen-bond donors (Lipinski definition) is 3. The molecular formula is C18H15N5O3. The average Bonchev–Trinajstić information content (AvgIpc) is 2.68. The molecule has 26 heavy (non-hydrogen) atoms. The Labute approximate surface area is 148 Å². The van der Waals surface area contributed by atoms with Crippen molar-refractivity contribution in [3.05, 3.63) is 88.1 Å². The number of pyridine rings is 1. The van der Waals surface area contributed by atoms with Crippen molar-refractivity contribution in [2.45, 2.75) is 6.54 Å². The maximum absolute atomic E-state index is 12.0. The van der Waals surface area contributed by atoms with Crippen molar-refractivity contribution in [1.29, 1.82) is 0 Å². The number of aromatic nitrogens is 3. The van der Waals surface area contributed by atoms with E-state index in [-0.39, 0.29) is 17.2 Å². The first-order valence-corrected chi connectivity index (χ1v) is 7.76. The van der Waals surface area contributed by atoms with Gasteiger partial charge < -0.3 is 10.6 Å². The van der Waals surface area contributed by atoms with E-state index in [1.54, 1.807) is 42.6 Å². The molecule has 0 unspecified atom stereocenters. The molecule has 0 radical (unpaired) electrons. The predicted octanol–water partition coefficient (Wildman–Crippen LogP) is 1.35. The van der Waals surface area contributed by atoms with E-state index in [9.17, 15) is 14.4 Å². The fourth-order valence-electron chi connectivity index (χ4n) is 2.15. The molecule has 0 spiro atoms. The van der Waals surface area contributed by atoms with Crippen molar-refractivity contribution < 1.29 is 9.59 Å². The van der Waals surface area contributed by atoms with Crippen LogP contribution in [0.25, 0.3) is 0 Å². The van der Waals surface area contributed by atoms with Gasteiger partial charge in [0.1, 0.15) is 5.69 Å². The fourth-order valence-corrected chi connectivity index (χ4v) is 2.15. The first-order chi connectivity index (χ1) is 12.6. The number of carbonyl (C=O) groups is 2. The lowest BCUT2D eigenvalue weighted by atomic mass is 10.2. The largest absolute Gasteiger partial charge is 0.348 e. The zero-order chi connectivity index (χ0) is 18.4. The lowest BCUT2D eigenvalue weighted by Crippen LogP contribution is -2.22. The van der Waals surface area contributed by atoms with E-state index in [1.165, 1.54) is 18.3 Å². The molecule has 3 aromatic rings. The highest BCUT2D eigenvalue weighted by Crippen LogP contribution is 2.11. The van der Waals surface area contributed by atoms with E-state index >= 15 is 0 Å². The van der Waals surface area contributed by atoms with Gasteiger partial charge in [-0.3, -0.25) is 19.4 Å². The van der Waals surface area contributed by atoms with E-state index in [2.05, 4.69) is 25.8 Å². The molecule has 1 aromatic carbocycles. The molecule has 0 aliphatic carbocycles. The van der Waals surface area contributed by atoms with E-state index in [1.807, 2.05) is 0 Å². The summed E-state index contributed by atoms with van der Waals surface area (Å²) >= 11 is 0. The molecule has 3 rings (SSSR count). The summed E-state index contributed by atoms with van der Waals surface area (Å²) < 4.78 is 0. The Kier molecular flexibility index (Phi) is 5.14. The number of anilines is 1. The Hall–Kier alpha value is -3.81. The van der Waals surface area contributed by atoms with Crippen LogP contribution in [0.2, 0.25) is 0 Å². The van der Waals surface area contributed by atoms with Gasteiger partial charge in [0.25, 0.3) is 17.4 Å². The standard InChI is InChI=1S/C18H15N5O3/c24-16-8-7-15(22-23-16)18(26)21-14-5-3-12(4-6-14)10-20-17(25)13-2-1-9-19-11-13/h1-9,11H,10H2,(H,20,25)(H,21,26)(H,23,24). The van der Waals surface area contributed by atoms with Crippen molar-refractivity contribution in [3.8, 4) is 0 Å². The van der Waals surface area contributed by atoms with Crippen LogP contribution in [0.3, 0.4) is 0 Å². The maximum Gasteiger partial charge on any atom is 0.276 e. The third kappa shape index (κ3) is 4.38. The molecule has 0 aliphatic rings. The Balaban J connectivity index is 1.56. The molecule has 2 aromatic heterocycles. The van der Waals surface area contributed by atoms with Gasteiger partial charge in [-0.25, -0.2) is 5.10 Å². The summed E-state index contributed by atoms with van der Waals surface area (Å²) in [6, 6.07) is 13.0. The van der Waals surface area contributed by atoms with E-state index < -0.39 is 5.91 Å². The van der Waals surface area contributed by atoms with Gasteiger partial charge in [0.05, 0.1) is 5.56 Å². The van der Waals surface area contributed by atoms with Gasteiger partial charge in [0.15, 0.2) is 0 Å². The summed E-state index contributed by atoms with van der Waals surface area (Å²) in [5.41, 5.74) is 1.68. The zero-order valence-corrected chi connectivity index (χ0v) is 13.6. The molecule has 0 bridgehead atoms. The fraction of sp³-hybridized carbons (Fsp3) is 0.0556. The van der Waals surface area contributed by atoms with Crippen LogP contribution < -0.4 is 16.2 Å². The number of nitrogens with zero attached hydrogens (tertiary/aromatic N) is 2. The number of carbonyl (C=O) groups excluding carboxylic acids is 2. The van der Waals surface area contributed by atoms with E-state index in [0.717, 1.165) is 5.56 Å². The minimum absolute atomic E-state index is 0.109.